The molecule has 0 saturated carbocycles. The Labute approximate surface area is 108 Å². The highest BCUT2D eigenvalue weighted by Gasteiger charge is 2.13. The minimum Gasteiger partial charge on any atom is -0.393 e. The fourth-order valence-electron chi connectivity index (χ4n) is 1.91. The van der Waals surface area contributed by atoms with E-state index in [0.29, 0.717) is 13.0 Å². The van der Waals surface area contributed by atoms with Crippen LogP contribution in [0.4, 0.5) is 4.39 Å². The maximum Gasteiger partial charge on any atom is 0.123 e. The minimum atomic E-state index is -0.635. The lowest BCUT2D eigenvalue weighted by atomic mass is 10.0. The van der Waals surface area contributed by atoms with Gasteiger partial charge in [0, 0.05) is 13.1 Å². The third-order valence-electron chi connectivity index (χ3n) is 3.00. The third-order valence-corrected chi connectivity index (χ3v) is 3.00. The summed E-state index contributed by atoms with van der Waals surface area (Å²) < 4.78 is 13.0. The Hall–Kier alpha value is -0.970. The molecule has 2 N–H and O–H groups in total. The van der Waals surface area contributed by atoms with Crippen LogP contribution >= 0.6 is 0 Å². The number of benzene rings is 1. The predicted octanol–water partition coefficient (Wildman–Crippen LogP) is 1.87. The van der Waals surface area contributed by atoms with Crippen LogP contribution in [-0.4, -0.2) is 41.4 Å². The number of likely N-dealkylation sites (N-methyl/N-ethyl adjacent to an activating group) is 1. The molecule has 1 rings (SSSR count). The Morgan fingerprint density at radius 1 is 1.33 bits per heavy atom. The number of aryl methyl sites for hydroxylation is 1. The molecule has 4 heteroatoms. The molecule has 1 aromatic carbocycles. The first kappa shape index (κ1) is 15.1. The molecule has 3 nitrogen and oxygen atoms in total. The number of hydrogen-bond acceptors (Lipinski definition) is 3. The lowest BCUT2D eigenvalue weighted by Crippen LogP contribution is -2.27. The highest BCUT2D eigenvalue weighted by Crippen LogP contribution is 2.19. The zero-order valence-electron chi connectivity index (χ0n) is 11.2. The largest absolute Gasteiger partial charge is 0.393 e. The van der Waals surface area contributed by atoms with Gasteiger partial charge >= 0.3 is 0 Å². The van der Waals surface area contributed by atoms with Crippen molar-refractivity contribution in [3.8, 4) is 0 Å². The van der Waals surface area contributed by atoms with Gasteiger partial charge in [-0.15, -0.1) is 0 Å². The molecule has 18 heavy (non-hydrogen) atoms. The molecule has 0 aromatic heterocycles. The molecule has 0 heterocycles. The normalized spacial score (nSPS) is 14.8. The number of rotatable bonds is 6. The van der Waals surface area contributed by atoms with Crippen molar-refractivity contribution in [3.05, 3.63) is 35.1 Å². The van der Waals surface area contributed by atoms with Gasteiger partial charge in [-0.25, -0.2) is 4.39 Å². The van der Waals surface area contributed by atoms with Gasteiger partial charge in [0.1, 0.15) is 5.82 Å². The molecule has 0 aliphatic rings. The second-order valence-corrected chi connectivity index (χ2v) is 4.92. The Balaban J connectivity index is 2.56. The first-order chi connectivity index (χ1) is 8.40. The van der Waals surface area contributed by atoms with E-state index in [1.165, 1.54) is 12.1 Å². The average Bonchev–Trinajstić information content (AvgIpc) is 2.26. The van der Waals surface area contributed by atoms with Gasteiger partial charge in [-0.05, 0) is 50.6 Å². The summed E-state index contributed by atoms with van der Waals surface area (Å²) in [4.78, 5) is 1.96. The highest BCUT2D eigenvalue weighted by atomic mass is 19.1. The summed E-state index contributed by atoms with van der Waals surface area (Å²) in [6.07, 6.45) is -0.298. The van der Waals surface area contributed by atoms with Crippen molar-refractivity contribution in [2.24, 2.45) is 0 Å². The summed E-state index contributed by atoms with van der Waals surface area (Å²) in [5, 5.41) is 19.3. The Kier molecular flexibility index (Phi) is 5.72. The molecule has 102 valence electrons. The van der Waals surface area contributed by atoms with E-state index in [9.17, 15) is 14.6 Å². The lowest BCUT2D eigenvalue weighted by molar-refractivity contribution is 0.111. The van der Waals surface area contributed by atoms with E-state index in [2.05, 4.69) is 0 Å². The van der Waals surface area contributed by atoms with Crippen LogP contribution in [0.3, 0.4) is 0 Å². The lowest BCUT2D eigenvalue weighted by Gasteiger charge is -2.22. The molecule has 2 atom stereocenters. The Morgan fingerprint density at radius 2 is 2.00 bits per heavy atom. The van der Waals surface area contributed by atoms with Crippen LogP contribution in [0.5, 0.6) is 0 Å². The first-order valence-electron chi connectivity index (χ1n) is 6.21. The molecule has 0 fully saturated rings. The van der Waals surface area contributed by atoms with Crippen LogP contribution in [-0.2, 0) is 0 Å². The second kappa shape index (κ2) is 6.83. The van der Waals surface area contributed by atoms with E-state index < -0.39 is 6.10 Å². The number of hydrogen-bond donors (Lipinski definition) is 2. The summed E-state index contributed by atoms with van der Waals surface area (Å²) in [6.45, 7) is 4.72. The van der Waals surface area contributed by atoms with Crippen LogP contribution in [0.15, 0.2) is 18.2 Å². The van der Waals surface area contributed by atoms with Gasteiger partial charge in [0.25, 0.3) is 0 Å². The minimum absolute atomic E-state index is 0.286. The van der Waals surface area contributed by atoms with Crippen molar-refractivity contribution in [2.75, 3.05) is 20.1 Å². The molecular weight excluding hydrogens is 233 g/mol. The van der Waals surface area contributed by atoms with Crippen LogP contribution in [0, 0.1) is 12.7 Å². The van der Waals surface area contributed by atoms with Gasteiger partial charge in [-0.3, -0.25) is 0 Å². The van der Waals surface area contributed by atoms with Crippen LogP contribution in [0.25, 0.3) is 0 Å². The van der Waals surface area contributed by atoms with Gasteiger partial charge < -0.3 is 15.1 Å². The van der Waals surface area contributed by atoms with Crippen LogP contribution in [0.1, 0.15) is 30.6 Å². The molecule has 0 saturated heterocycles. The SMILES string of the molecule is Cc1cc(F)ccc1C(O)CN(C)CCC(C)O. The third kappa shape index (κ3) is 4.72. The van der Waals surface area contributed by atoms with E-state index in [-0.39, 0.29) is 11.9 Å². The summed E-state index contributed by atoms with van der Waals surface area (Å²) in [5.41, 5.74) is 1.51. The topological polar surface area (TPSA) is 43.7 Å². The Morgan fingerprint density at radius 3 is 2.56 bits per heavy atom. The summed E-state index contributed by atoms with van der Waals surface area (Å²) >= 11 is 0. The second-order valence-electron chi connectivity index (χ2n) is 4.92. The molecule has 0 bridgehead atoms. The summed E-state index contributed by atoms with van der Waals surface area (Å²) in [6, 6.07) is 4.41. The summed E-state index contributed by atoms with van der Waals surface area (Å²) in [7, 11) is 1.89. The molecular formula is C14H22FNO2. The van der Waals surface area contributed by atoms with Gasteiger partial charge in [0.05, 0.1) is 12.2 Å². The quantitative estimate of drug-likeness (QED) is 0.815. The standard InChI is InChI=1S/C14H22FNO2/c1-10-8-12(15)4-5-13(10)14(18)9-16(3)7-6-11(2)17/h4-5,8,11,14,17-18H,6-7,9H2,1-3H3. The van der Waals surface area contributed by atoms with Crippen molar-refractivity contribution >= 4 is 0 Å². The van der Waals surface area contributed by atoms with E-state index >= 15 is 0 Å². The molecule has 1 aromatic rings. The van der Waals surface area contributed by atoms with Crippen molar-refractivity contribution in [1.82, 2.24) is 4.90 Å². The van der Waals surface area contributed by atoms with Crippen molar-refractivity contribution < 1.29 is 14.6 Å². The van der Waals surface area contributed by atoms with Crippen molar-refractivity contribution in [1.29, 1.82) is 0 Å². The van der Waals surface area contributed by atoms with E-state index in [1.807, 2.05) is 11.9 Å². The van der Waals surface area contributed by atoms with E-state index in [0.717, 1.165) is 17.7 Å². The van der Waals surface area contributed by atoms with Crippen molar-refractivity contribution in [2.45, 2.75) is 32.5 Å². The molecule has 0 aliphatic carbocycles. The van der Waals surface area contributed by atoms with E-state index in [1.54, 1.807) is 19.9 Å². The molecule has 0 spiro atoms. The highest BCUT2D eigenvalue weighted by molar-refractivity contribution is 5.28. The van der Waals surface area contributed by atoms with Gasteiger partial charge in [0.2, 0.25) is 0 Å². The van der Waals surface area contributed by atoms with Crippen LogP contribution < -0.4 is 0 Å². The van der Waals surface area contributed by atoms with Gasteiger partial charge in [-0.2, -0.15) is 0 Å². The van der Waals surface area contributed by atoms with Gasteiger partial charge in [-0.1, -0.05) is 6.07 Å². The fraction of sp³-hybridized carbons (Fsp3) is 0.571. The predicted molar refractivity (Wildman–Crippen MR) is 69.9 cm³/mol. The first-order valence-corrected chi connectivity index (χ1v) is 6.21. The zero-order chi connectivity index (χ0) is 13.7. The van der Waals surface area contributed by atoms with E-state index in [4.69, 9.17) is 0 Å². The van der Waals surface area contributed by atoms with Gasteiger partial charge in [0.15, 0.2) is 0 Å². The smallest absolute Gasteiger partial charge is 0.123 e. The van der Waals surface area contributed by atoms with Crippen molar-refractivity contribution in [3.63, 3.8) is 0 Å². The number of aliphatic hydroxyl groups excluding tert-OH is 2. The maximum absolute atomic E-state index is 13.0. The summed E-state index contributed by atoms with van der Waals surface area (Å²) in [5.74, 6) is -0.286. The molecule has 2 unspecified atom stereocenters. The molecule has 0 radical (unpaired) electrons. The fourth-order valence-corrected chi connectivity index (χ4v) is 1.91. The van der Waals surface area contributed by atoms with Crippen LogP contribution in [0.2, 0.25) is 0 Å². The zero-order valence-corrected chi connectivity index (χ0v) is 11.2. The monoisotopic (exact) mass is 255 g/mol. The maximum atomic E-state index is 13.0. The molecule has 0 amide bonds. The number of halogens is 1. The molecule has 0 aliphatic heterocycles. The average molecular weight is 255 g/mol. The Bertz CT molecular complexity index is 382. The number of nitrogens with zero attached hydrogens (tertiary/aromatic N) is 1. The number of aliphatic hydroxyl groups is 2.